The van der Waals surface area contributed by atoms with E-state index in [1.807, 2.05) is 0 Å². The summed E-state index contributed by atoms with van der Waals surface area (Å²) in [5.41, 5.74) is 6.83. The Balaban J connectivity index is 3.12. The number of rotatable bonds is 0. The van der Waals surface area contributed by atoms with Crippen LogP contribution >= 0.6 is 0 Å². The molecule has 5 nitrogen and oxygen atoms in total. The summed E-state index contributed by atoms with van der Waals surface area (Å²) in [6, 6.07) is 0. The van der Waals surface area contributed by atoms with Gasteiger partial charge in [-0.25, -0.2) is 4.68 Å². The minimum absolute atomic E-state index is 0.0833. The molecule has 0 saturated heterocycles. The molecule has 37 valence electrons. The molecule has 0 atom stereocenters. The number of hydrogen-bond acceptors (Lipinski definition) is 3. The third kappa shape index (κ3) is 0.510. The molecule has 1 N–H and O–H groups in total. The number of nitrogens with one attached hydrogen (secondary N) is 1. The van der Waals surface area contributed by atoms with Gasteiger partial charge >= 0.3 is 0 Å². The fourth-order valence-corrected chi connectivity index (χ4v) is 0.229. The van der Waals surface area contributed by atoms with Crippen molar-refractivity contribution in [1.82, 2.24) is 25.9 Å². The van der Waals surface area contributed by atoms with E-state index in [9.17, 15) is 0 Å². The van der Waals surface area contributed by atoms with Crippen molar-refractivity contribution in [2.45, 2.75) is 0 Å². The molecule has 0 spiro atoms. The second kappa shape index (κ2) is 1.18. The van der Waals surface area contributed by atoms with Gasteiger partial charge in [-0.2, -0.15) is 0 Å². The van der Waals surface area contributed by atoms with Gasteiger partial charge < -0.3 is 0 Å². The van der Waals surface area contributed by atoms with Gasteiger partial charge in [-0.15, -0.1) is 0 Å². The molecule has 1 aromatic rings. The van der Waals surface area contributed by atoms with E-state index in [4.69, 9.17) is 5.73 Å². The lowest BCUT2D eigenvalue weighted by atomic mass is 11.0. The number of hydrogen-bond donors (Lipinski definition) is 0. The molecule has 0 aliphatic rings. The fraction of sp³-hybridized carbons (Fsp3) is 0.500. The molecule has 1 rings (SSSR count). The van der Waals surface area contributed by atoms with Gasteiger partial charge in [0.25, 0.3) is 5.95 Å². The monoisotopic (exact) mass is 98.0 g/mol. The van der Waals surface area contributed by atoms with E-state index in [0.29, 0.717) is 0 Å². The summed E-state index contributed by atoms with van der Waals surface area (Å²) in [4.78, 5) is 0. The zero-order valence-electron chi connectivity index (χ0n) is 3.79. The van der Waals surface area contributed by atoms with E-state index >= 15 is 0 Å². The summed E-state index contributed by atoms with van der Waals surface area (Å²) in [6.45, 7) is 0. The maximum Gasteiger partial charge on any atom is 0.261 e. The van der Waals surface area contributed by atoms with Crippen LogP contribution in [-0.4, -0.2) is 20.2 Å². The molecule has 0 saturated carbocycles. The molecule has 0 aliphatic carbocycles. The number of tetrazole rings is 1. The van der Waals surface area contributed by atoms with E-state index in [1.54, 1.807) is 7.05 Å². The van der Waals surface area contributed by atoms with Crippen molar-refractivity contribution < 1.29 is 0 Å². The van der Waals surface area contributed by atoms with E-state index in [1.165, 1.54) is 4.68 Å². The van der Waals surface area contributed by atoms with Gasteiger partial charge in [0, 0.05) is 7.05 Å². The number of aromatic nitrogens is 4. The molecule has 1 heterocycles. The van der Waals surface area contributed by atoms with Gasteiger partial charge in [0.2, 0.25) is 0 Å². The van der Waals surface area contributed by atoms with Crippen molar-refractivity contribution in [3.05, 3.63) is 0 Å². The van der Waals surface area contributed by atoms with Crippen molar-refractivity contribution >= 4 is 5.95 Å². The molecule has 0 bridgehead atoms. The first-order valence-corrected chi connectivity index (χ1v) is 1.74. The van der Waals surface area contributed by atoms with Crippen molar-refractivity contribution in [1.29, 1.82) is 0 Å². The summed E-state index contributed by atoms with van der Waals surface area (Å²) < 4.78 is 1.28. The highest BCUT2D eigenvalue weighted by molar-refractivity contribution is 5.01. The summed E-state index contributed by atoms with van der Waals surface area (Å²) in [6.07, 6.45) is 0. The molecule has 0 amide bonds. The van der Waals surface area contributed by atoms with Gasteiger partial charge in [-0.05, 0) is 10.4 Å². The number of nitrogens with zero attached hydrogens (tertiary/aromatic N) is 4. The van der Waals surface area contributed by atoms with Crippen LogP contribution in [0.4, 0.5) is 5.95 Å². The lowest BCUT2D eigenvalue weighted by Gasteiger charge is -1.80. The first kappa shape index (κ1) is 4.04. The van der Waals surface area contributed by atoms with Crippen LogP contribution < -0.4 is 5.73 Å². The van der Waals surface area contributed by atoms with Gasteiger partial charge in [-0.3, -0.25) is 5.73 Å². The molecule has 1 radical (unpaired) electrons. The Kier molecular flexibility index (Phi) is 0.680. The Hall–Kier alpha value is -1.13. The van der Waals surface area contributed by atoms with Crippen LogP contribution in [-0.2, 0) is 7.05 Å². The summed E-state index contributed by atoms with van der Waals surface area (Å²) in [5.74, 6) is 0.0833. The highest BCUT2D eigenvalue weighted by Gasteiger charge is 1.89. The highest BCUT2D eigenvalue weighted by Crippen LogP contribution is 1.85. The summed E-state index contributed by atoms with van der Waals surface area (Å²) in [5, 5.41) is 9.87. The second-order valence-electron chi connectivity index (χ2n) is 1.13. The summed E-state index contributed by atoms with van der Waals surface area (Å²) in [7, 11) is 1.61. The lowest BCUT2D eigenvalue weighted by Crippen LogP contribution is -1.90. The highest BCUT2D eigenvalue weighted by atomic mass is 15.6. The Morgan fingerprint density at radius 1 is 1.71 bits per heavy atom. The average molecular weight is 98.1 g/mol. The van der Waals surface area contributed by atoms with Gasteiger partial charge in [0.05, 0.1) is 0 Å². The smallest absolute Gasteiger partial charge is 0.261 e. The quantitative estimate of drug-likeness (QED) is 0.423. The maximum atomic E-state index is 6.83. The summed E-state index contributed by atoms with van der Waals surface area (Å²) >= 11 is 0. The van der Waals surface area contributed by atoms with Crippen LogP contribution in [0.25, 0.3) is 0 Å². The van der Waals surface area contributed by atoms with E-state index in [2.05, 4.69) is 15.5 Å². The minimum Gasteiger partial charge on any atom is -0.264 e. The molecule has 5 heteroatoms. The van der Waals surface area contributed by atoms with Crippen molar-refractivity contribution in [2.24, 2.45) is 7.05 Å². The van der Waals surface area contributed by atoms with Crippen LogP contribution in [0.3, 0.4) is 0 Å². The third-order valence-electron chi connectivity index (χ3n) is 0.620. The van der Waals surface area contributed by atoms with E-state index in [0.717, 1.165) is 0 Å². The molecule has 0 aliphatic heterocycles. The van der Waals surface area contributed by atoms with Crippen LogP contribution in [0.1, 0.15) is 0 Å². The Bertz CT molecular complexity index is 138. The topological polar surface area (TPSA) is 67.4 Å². The molecule has 0 unspecified atom stereocenters. The zero-order valence-corrected chi connectivity index (χ0v) is 3.79. The largest absolute Gasteiger partial charge is 0.264 e. The van der Waals surface area contributed by atoms with E-state index in [-0.39, 0.29) is 5.95 Å². The molecule has 0 aromatic carbocycles. The van der Waals surface area contributed by atoms with Crippen LogP contribution in [0, 0.1) is 0 Å². The Morgan fingerprint density at radius 2 is 2.43 bits per heavy atom. The van der Waals surface area contributed by atoms with Crippen LogP contribution in [0.2, 0.25) is 0 Å². The second-order valence-corrected chi connectivity index (χ2v) is 1.13. The van der Waals surface area contributed by atoms with Gasteiger partial charge in [0.1, 0.15) is 0 Å². The van der Waals surface area contributed by atoms with Crippen molar-refractivity contribution in [3.63, 3.8) is 0 Å². The predicted octanol–water partition coefficient (Wildman–Crippen LogP) is -0.876. The van der Waals surface area contributed by atoms with Gasteiger partial charge in [0.15, 0.2) is 0 Å². The fourth-order valence-electron chi connectivity index (χ4n) is 0.229. The first-order valence-electron chi connectivity index (χ1n) is 1.74. The molecule has 0 fully saturated rings. The van der Waals surface area contributed by atoms with Gasteiger partial charge in [-0.1, -0.05) is 5.10 Å². The normalized spacial score (nSPS) is 9.29. The molecular formula is C2H4N5. The molecule has 1 aromatic heterocycles. The average Bonchev–Trinajstić information content (AvgIpc) is 1.91. The minimum atomic E-state index is 0.0833. The standard InChI is InChI=1S/C2H4N5/c1-7-2(3)4-5-6-7/h3H,1H3. The van der Waals surface area contributed by atoms with Crippen LogP contribution in [0.15, 0.2) is 0 Å². The van der Waals surface area contributed by atoms with Crippen LogP contribution in [0.5, 0.6) is 0 Å². The van der Waals surface area contributed by atoms with Crippen molar-refractivity contribution in [3.8, 4) is 0 Å². The number of aryl methyl sites for hydroxylation is 1. The lowest BCUT2D eigenvalue weighted by molar-refractivity contribution is 0.711. The maximum absolute atomic E-state index is 6.83. The zero-order chi connectivity index (χ0) is 5.28. The van der Waals surface area contributed by atoms with Crippen molar-refractivity contribution in [2.75, 3.05) is 0 Å². The predicted molar refractivity (Wildman–Crippen MR) is 21.6 cm³/mol. The molecule has 7 heavy (non-hydrogen) atoms. The molecular weight excluding hydrogens is 94.1 g/mol. The third-order valence-corrected chi connectivity index (χ3v) is 0.620. The Labute approximate surface area is 40.1 Å². The van der Waals surface area contributed by atoms with E-state index < -0.39 is 0 Å². The Morgan fingerprint density at radius 3 is 2.57 bits per heavy atom. The first-order chi connectivity index (χ1) is 3.30. The SMILES string of the molecule is Cn1nnnc1[NH].